The van der Waals surface area contributed by atoms with Crippen molar-refractivity contribution >= 4 is 11.9 Å². The molecule has 3 fully saturated rings. The first-order valence-electron chi connectivity index (χ1n) is 9.29. The van der Waals surface area contributed by atoms with Gasteiger partial charge in [0.15, 0.2) is 0 Å². The van der Waals surface area contributed by atoms with Crippen LogP contribution < -0.4 is 16.2 Å². The predicted molar refractivity (Wildman–Crippen MR) is 93.6 cm³/mol. The minimum atomic E-state index is -0.354. The van der Waals surface area contributed by atoms with Gasteiger partial charge in [0.25, 0.3) is 11.5 Å². The van der Waals surface area contributed by atoms with Crippen LogP contribution in [-0.2, 0) is 4.74 Å². The molecular weight excluding hydrogens is 336 g/mol. The van der Waals surface area contributed by atoms with Gasteiger partial charge >= 0.3 is 6.03 Å². The third kappa shape index (κ3) is 3.21. The number of ether oxygens (including phenoxy) is 1. The highest BCUT2D eigenvalue weighted by Crippen LogP contribution is 2.33. The SMILES string of the molecule is O=C1N[C@H]2OCCC[C@H]2[C@H](C2CCN(C(=O)c3ccc[nH]c3=O)CC2)N1. The molecule has 0 radical (unpaired) electrons. The van der Waals surface area contributed by atoms with Gasteiger partial charge in [0.05, 0.1) is 0 Å². The standard InChI is InChI=1S/C18H24N4O4/c23-15-13(3-1-7-19-15)17(24)22-8-5-11(6-9-22)14-12-4-2-10-26-16(12)21-18(25)20-14/h1,3,7,11-12,14,16H,2,4-6,8-10H2,(H,19,23)(H2,20,21,25)/t12-,14-,16-/m0/s1. The van der Waals surface area contributed by atoms with Gasteiger partial charge in [0.1, 0.15) is 11.8 Å². The second-order valence-electron chi connectivity index (χ2n) is 7.28. The highest BCUT2D eigenvalue weighted by Gasteiger charge is 2.43. The zero-order chi connectivity index (χ0) is 18.1. The largest absolute Gasteiger partial charge is 0.358 e. The molecule has 0 aliphatic carbocycles. The van der Waals surface area contributed by atoms with E-state index in [1.807, 2.05) is 0 Å². The molecule has 3 aliphatic heterocycles. The van der Waals surface area contributed by atoms with E-state index in [0.717, 1.165) is 25.7 Å². The van der Waals surface area contributed by atoms with Crippen LogP contribution in [0.25, 0.3) is 0 Å². The number of carbonyl (C=O) groups is 2. The van der Waals surface area contributed by atoms with Gasteiger partial charge in [0.2, 0.25) is 0 Å². The number of carbonyl (C=O) groups excluding carboxylic acids is 2. The van der Waals surface area contributed by atoms with Crippen LogP contribution in [0.2, 0.25) is 0 Å². The third-order valence-corrected chi connectivity index (χ3v) is 5.78. The van der Waals surface area contributed by atoms with Crippen molar-refractivity contribution in [1.29, 1.82) is 0 Å². The van der Waals surface area contributed by atoms with Gasteiger partial charge in [-0.2, -0.15) is 0 Å². The average molecular weight is 360 g/mol. The number of pyridine rings is 1. The zero-order valence-corrected chi connectivity index (χ0v) is 14.6. The molecule has 26 heavy (non-hydrogen) atoms. The summed E-state index contributed by atoms with van der Waals surface area (Å²) in [6.45, 7) is 1.87. The van der Waals surface area contributed by atoms with Crippen molar-refractivity contribution in [2.24, 2.45) is 11.8 Å². The molecule has 3 amide bonds. The van der Waals surface area contributed by atoms with E-state index in [1.165, 1.54) is 6.20 Å². The van der Waals surface area contributed by atoms with Crippen LogP contribution >= 0.6 is 0 Å². The lowest BCUT2D eigenvalue weighted by Gasteiger charge is -2.46. The van der Waals surface area contributed by atoms with Crippen LogP contribution in [0.15, 0.2) is 23.1 Å². The smallest absolute Gasteiger partial charge is 0.317 e. The molecule has 0 spiro atoms. The first-order chi connectivity index (χ1) is 12.6. The fraction of sp³-hybridized carbons (Fsp3) is 0.611. The van der Waals surface area contributed by atoms with Gasteiger partial charge < -0.3 is 25.3 Å². The van der Waals surface area contributed by atoms with Crippen molar-refractivity contribution in [3.8, 4) is 0 Å². The lowest BCUT2D eigenvalue weighted by Crippen LogP contribution is -2.65. The van der Waals surface area contributed by atoms with E-state index in [9.17, 15) is 14.4 Å². The zero-order valence-electron chi connectivity index (χ0n) is 14.6. The quantitative estimate of drug-likeness (QED) is 0.721. The Morgan fingerprint density at radius 2 is 1.96 bits per heavy atom. The number of hydrogen-bond donors (Lipinski definition) is 3. The molecule has 0 aromatic carbocycles. The minimum absolute atomic E-state index is 0.0754. The molecule has 0 unspecified atom stereocenters. The maximum Gasteiger partial charge on any atom is 0.317 e. The van der Waals surface area contributed by atoms with E-state index in [4.69, 9.17) is 4.74 Å². The number of nitrogens with zero attached hydrogens (tertiary/aromatic N) is 1. The van der Waals surface area contributed by atoms with E-state index < -0.39 is 0 Å². The molecule has 0 saturated carbocycles. The van der Waals surface area contributed by atoms with Crippen molar-refractivity contribution in [1.82, 2.24) is 20.5 Å². The number of aromatic nitrogens is 1. The Morgan fingerprint density at radius 3 is 2.73 bits per heavy atom. The number of urea groups is 1. The lowest BCUT2D eigenvalue weighted by atomic mass is 9.77. The summed E-state index contributed by atoms with van der Waals surface area (Å²) in [5, 5.41) is 5.95. The summed E-state index contributed by atoms with van der Waals surface area (Å²) in [6, 6.07) is 3.12. The third-order valence-electron chi connectivity index (χ3n) is 5.78. The summed E-state index contributed by atoms with van der Waals surface area (Å²) >= 11 is 0. The van der Waals surface area contributed by atoms with Gasteiger partial charge in [-0.1, -0.05) is 0 Å². The number of H-pyrrole nitrogens is 1. The van der Waals surface area contributed by atoms with Crippen LogP contribution in [0.1, 0.15) is 36.0 Å². The van der Waals surface area contributed by atoms with Crippen LogP contribution in [0.3, 0.4) is 0 Å². The lowest BCUT2D eigenvalue weighted by molar-refractivity contribution is -0.0701. The molecule has 4 rings (SSSR count). The highest BCUT2D eigenvalue weighted by molar-refractivity contribution is 5.93. The van der Waals surface area contributed by atoms with Gasteiger partial charge in [-0.15, -0.1) is 0 Å². The van der Waals surface area contributed by atoms with E-state index in [0.29, 0.717) is 25.6 Å². The molecule has 3 N–H and O–H groups in total. The number of amides is 3. The van der Waals surface area contributed by atoms with Gasteiger partial charge in [-0.05, 0) is 43.7 Å². The highest BCUT2D eigenvalue weighted by atomic mass is 16.5. The summed E-state index contributed by atoms with van der Waals surface area (Å²) in [5.41, 5.74) is -0.172. The number of fused-ring (bicyclic) bond motifs is 1. The first-order valence-corrected chi connectivity index (χ1v) is 9.29. The van der Waals surface area contributed by atoms with Crippen molar-refractivity contribution in [2.75, 3.05) is 19.7 Å². The number of nitrogens with one attached hydrogen (secondary N) is 3. The molecule has 0 bridgehead atoms. The van der Waals surface area contributed by atoms with Crippen molar-refractivity contribution in [3.63, 3.8) is 0 Å². The van der Waals surface area contributed by atoms with Gasteiger partial charge in [0, 0.05) is 37.9 Å². The number of aromatic amines is 1. The monoisotopic (exact) mass is 360 g/mol. The fourth-order valence-corrected chi connectivity index (χ4v) is 4.44. The molecule has 3 aliphatic rings. The Balaban J connectivity index is 1.41. The maximum absolute atomic E-state index is 12.6. The average Bonchev–Trinajstić information content (AvgIpc) is 2.67. The molecule has 1 aromatic heterocycles. The molecule has 3 atom stereocenters. The van der Waals surface area contributed by atoms with Crippen LogP contribution in [0, 0.1) is 11.8 Å². The number of piperidine rings is 1. The van der Waals surface area contributed by atoms with Crippen molar-refractivity contribution in [2.45, 2.75) is 38.0 Å². The Morgan fingerprint density at radius 1 is 1.15 bits per heavy atom. The molecule has 1 aromatic rings. The Hall–Kier alpha value is -2.35. The minimum Gasteiger partial charge on any atom is -0.358 e. The summed E-state index contributed by atoms with van der Waals surface area (Å²) in [5.74, 6) is 0.359. The molecule has 3 saturated heterocycles. The Bertz CT molecular complexity index is 741. The van der Waals surface area contributed by atoms with E-state index in [1.54, 1.807) is 17.0 Å². The summed E-state index contributed by atoms with van der Waals surface area (Å²) < 4.78 is 5.73. The van der Waals surface area contributed by atoms with E-state index in [2.05, 4.69) is 15.6 Å². The molecular formula is C18H24N4O4. The molecule has 4 heterocycles. The second-order valence-corrected chi connectivity index (χ2v) is 7.28. The van der Waals surface area contributed by atoms with Gasteiger partial charge in [-0.25, -0.2) is 4.79 Å². The second kappa shape index (κ2) is 7.11. The summed E-state index contributed by atoms with van der Waals surface area (Å²) in [7, 11) is 0. The molecule has 8 heteroatoms. The Labute approximate surface area is 151 Å². The van der Waals surface area contributed by atoms with Crippen molar-refractivity contribution in [3.05, 3.63) is 34.2 Å². The molecule has 140 valence electrons. The maximum atomic E-state index is 12.6. The number of hydrogen-bond acceptors (Lipinski definition) is 4. The van der Waals surface area contributed by atoms with Crippen LogP contribution in [-0.4, -0.2) is 53.8 Å². The van der Waals surface area contributed by atoms with Crippen LogP contribution in [0.5, 0.6) is 0 Å². The van der Waals surface area contributed by atoms with Gasteiger partial charge in [-0.3, -0.25) is 9.59 Å². The molecule has 8 nitrogen and oxygen atoms in total. The Kier molecular flexibility index (Phi) is 4.67. The normalized spacial score (nSPS) is 29.5. The fourth-order valence-electron chi connectivity index (χ4n) is 4.44. The van der Waals surface area contributed by atoms with E-state index in [-0.39, 0.29) is 41.2 Å². The van der Waals surface area contributed by atoms with Crippen molar-refractivity contribution < 1.29 is 14.3 Å². The first kappa shape index (κ1) is 17.1. The number of rotatable bonds is 2. The van der Waals surface area contributed by atoms with E-state index >= 15 is 0 Å². The summed E-state index contributed by atoms with van der Waals surface area (Å²) in [6.07, 6.45) is 4.97. The number of likely N-dealkylation sites (tertiary alicyclic amines) is 1. The summed E-state index contributed by atoms with van der Waals surface area (Å²) in [4.78, 5) is 40.7. The predicted octanol–water partition coefficient (Wildman–Crippen LogP) is 0.661. The topological polar surface area (TPSA) is 104 Å². The van der Waals surface area contributed by atoms with Crippen LogP contribution in [0.4, 0.5) is 4.79 Å².